The Hall–Kier alpha value is -2.39. The first-order valence-electron chi connectivity index (χ1n) is 7.59. The molecule has 1 unspecified atom stereocenters. The van der Waals surface area contributed by atoms with Gasteiger partial charge in [0.15, 0.2) is 0 Å². The Labute approximate surface area is 158 Å². The molecule has 2 aromatic carbocycles. The minimum atomic E-state index is -4.71. The maximum Gasteiger partial charge on any atom is 0.471 e. The van der Waals surface area contributed by atoms with Crippen LogP contribution in [0.4, 0.5) is 13.2 Å². The van der Waals surface area contributed by atoms with Crippen molar-refractivity contribution in [3.8, 4) is 11.4 Å². The number of benzene rings is 2. The highest BCUT2D eigenvalue weighted by Crippen LogP contribution is 2.29. The second-order valence-electron chi connectivity index (χ2n) is 5.66. The molecule has 0 radical (unpaired) electrons. The number of rotatable bonds is 4. The fourth-order valence-electron chi connectivity index (χ4n) is 2.22. The number of hydrogen-bond acceptors (Lipinski definition) is 5. The second-order valence-corrected chi connectivity index (χ2v) is 8.44. The van der Waals surface area contributed by atoms with Crippen LogP contribution in [0.25, 0.3) is 11.4 Å². The van der Waals surface area contributed by atoms with Gasteiger partial charge in [0.25, 0.3) is 0 Å². The molecule has 0 fully saturated rings. The summed E-state index contributed by atoms with van der Waals surface area (Å²) in [5.74, 6) is -1.62. The van der Waals surface area contributed by atoms with Crippen molar-refractivity contribution in [3.63, 3.8) is 0 Å². The average Bonchev–Trinajstić information content (AvgIpc) is 3.11. The largest absolute Gasteiger partial charge is 0.471 e. The Bertz CT molecular complexity index is 1070. The first kappa shape index (κ1) is 19.4. The minimum Gasteiger partial charge on any atom is -0.329 e. The van der Waals surface area contributed by atoms with Crippen LogP contribution < -0.4 is 0 Å². The SMILES string of the molecule is CS(=O)(=NCc1cccc(Cl)c1)c1ccc(-c2noc(C(F)(F)F)n2)cc1. The van der Waals surface area contributed by atoms with Gasteiger partial charge in [0, 0.05) is 21.7 Å². The summed E-state index contributed by atoms with van der Waals surface area (Å²) in [5.41, 5.74) is 1.13. The van der Waals surface area contributed by atoms with E-state index < -0.39 is 21.8 Å². The molecule has 0 bridgehead atoms. The van der Waals surface area contributed by atoms with Gasteiger partial charge in [-0.1, -0.05) is 28.9 Å². The Morgan fingerprint density at radius 1 is 1.19 bits per heavy atom. The Kier molecular flexibility index (Phi) is 5.25. The van der Waals surface area contributed by atoms with Gasteiger partial charge in [-0.2, -0.15) is 18.2 Å². The molecule has 3 aromatic rings. The Morgan fingerprint density at radius 2 is 1.89 bits per heavy atom. The van der Waals surface area contributed by atoms with E-state index in [0.29, 0.717) is 15.5 Å². The van der Waals surface area contributed by atoms with Crippen LogP contribution in [-0.4, -0.2) is 20.6 Å². The van der Waals surface area contributed by atoms with Gasteiger partial charge in [-0.25, -0.2) is 8.57 Å². The van der Waals surface area contributed by atoms with Crippen LogP contribution in [-0.2, 0) is 22.5 Å². The van der Waals surface area contributed by atoms with Crippen molar-refractivity contribution in [2.24, 2.45) is 4.36 Å². The van der Waals surface area contributed by atoms with E-state index in [2.05, 4.69) is 19.0 Å². The zero-order valence-corrected chi connectivity index (χ0v) is 15.5. The van der Waals surface area contributed by atoms with Crippen LogP contribution in [0.5, 0.6) is 0 Å². The van der Waals surface area contributed by atoms with Gasteiger partial charge in [-0.15, -0.1) is 0 Å². The van der Waals surface area contributed by atoms with E-state index in [0.717, 1.165) is 5.56 Å². The van der Waals surface area contributed by atoms with Crippen LogP contribution in [0.2, 0.25) is 5.02 Å². The van der Waals surface area contributed by atoms with E-state index >= 15 is 0 Å². The molecule has 0 aliphatic rings. The van der Waals surface area contributed by atoms with Crippen molar-refractivity contribution < 1.29 is 21.9 Å². The predicted octanol–water partition coefficient (Wildman–Crippen LogP) is 5.07. The number of aromatic nitrogens is 2. The highest BCUT2D eigenvalue weighted by molar-refractivity contribution is 7.93. The van der Waals surface area contributed by atoms with Crippen molar-refractivity contribution in [2.45, 2.75) is 17.6 Å². The lowest BCUT2D eigenvalue weighted by atomic mass is 10.2. The van der Waals surface area contributed by atoms with E-state index in [1.807, 2.05) is 6.07 Å². The van der Waals surface area contributed by atoms with Gasteiger partial charge >= 0.3 is 12.1 Å². The molecule has 0 saturated heterocycles. The van der Waals surface area contributed by atoms with Crippen LogP contribution in [0.15, 0.2) is 62.3 Å². The van der Waals surface area contributed by atoms with E-state index in [1.165, 1.54) is 30.5 Å². The lowest BCUT2D eigenvalue weighted by molar-refractivity contribution is -0.159. The normalized spacial score (nSPS) is 14.0. The molecular weight excluding hydrogens is 403 g/mol. The maximum absolute atomic E-state index is 12.8. The van der Waals surface area contributed by atoms with Crippen LogP contribution in [0.3, 0.4) is 0 Å². The Morgan fingerprint density at radius 3 is 2.48 bits per heavy atom. The summed E-state index contributed by atoms with van der Waals surface area (Å²) < 4.78 is 58.9. The number of halogens is 4. The highest BCUT2D eigenvalue weighted by atomic mass is 35.5. The molecule has 1 heterocycles. The van der Waals surface area contributed by atoms with Gasteiger partial charge in [-0.3, -0.25) is 0 Å². The molecule has 0 spiro atoms. The first-order valence-corrected chi connectivity index (χ1v) is 9.89. The summed E-state index contributed by atoms with van der Waals surface area (Å²) >= 11 is 5.91. The third-order valence-electron chi connectivity index (χ3n) is 3.60. The minimum absolute atomic E-state index is 0.202. The van der Waals surface area contributed by atoms with Gasteiger partial charge in [-0.05, 0) is 42.0 Å². The lowest BCUT2D eigenvalue weighted by Gasteiger charge is -2.06. The van der Waals surface area contributed by atoms with Gasteiger partial charge in [0.1, 0.15) is 0 Å². The van der Waals surface area contributed by atoms with Crippen LogP contribution in [0.1, 0.15) is 11.5 Å². The van der Waals surface area contributed by atoms with Gasteiger partial charge < -0.3 is 4.52 Å². The molecule has 0 saturated carbocycles. The average molecular weight is 416 g/mol. The summed E-state index contributed by atoms with van der Waals surface area (Å²) in [7, 11) is -2.70. The van der Waals surface area contributed by atoms with Gasteiger partial charge in [0.05, 0.1) is 16.3 Å². The van der Waals surface area contributed by atoms with Crippen molar-refractivity contribution in [1.82, 2.24) is 10.1 Å². The maximum atomic E-state index is 12.8. The molecule has 27 heavy (non-hydrogen) atoms. The third kappa shape index (κ3) is 4.67. The summed E-state index contributed by atoms with van der Waals surface area (Å²) in [6, 6.07) is 13.0. The topological polar surface area (TPSA) is 68.3 Å². The fraction of sp³-hybridized carbons (Fsp3) is 0.176. The number of hydrogen-bond donors (Lipinski definition) is 0. The van der Waals surface area contributed by atoms with Crippen molar-refractivity contribution >= 4 is 21.3 Å². The smallest absolute Gasteiger partial charge is 0.329 e. The molecule has 0 N–H and O–H groups in total. The van der Waals surface area contributed by atoms with E-state index in [4.69, 9.17) is 11.6 Å². The van der Waals surface area contributed by atoms with E-state index in [-0.39, 0.29) is 12.4 Å². The zero-order valence-electron chi connectivity index (χ0n) is 13.9. The molecule has 0 aliphatic carbocycles. The summed E-state index contributed by atoms with van der Waals surface area (Å²) in [6.45, 7) is 0.220. The summed E-state index contributed by atoms with van der Waals surface area (Å²) in [6.07, 6.45) is -3.22. The van der Waals surface area contributed by atoms with Crippen LogP contribution >= 0.6 is 11.6 Å². The number of alkyl halides is 3. The van der Waals surface area contributed by atoms with Gasteiger partial charge in [0.2, 0.25) is 5.82 Å². The summed E-state index contributed by atoms with van der Waals surface area (Å²) in [4.78, 5) is 3.76. The first-order chi connectivity index (χ1) is 12.6. The zero-order chi connectivity index (χ0) is 19.7. The molecule has 0 aliphatic heterocycles. The predicted molar refractivity (Wildman–Crippen MR) is 94.7 cm³/mol. The fourth-order valence-corrected chi connectivity index (χ4v) is 3.62. The van der Waals surface area contributed by atoms with Crippen molar-refractivity contribution in [3.05, 3.63) is 65.0 Å². The highest BCUT2D eigenvalue weighted by Gasteiger charge is 2.38. The standard InChI is InChI=1S/C17H13ClF3N3O2S/c1-27(25,22-10-11-3-2-4-13(18)9-11)14-7-5-12(6-8-14)15-23-16(26-24-15)17(19,20)21/h2-9H,10H2,1H3. The Balaban J connectivity index is 1.82. The molecule has 1 aromatic heterocycles. The summed E-state index contributed by atoms with van der Waals surface area (Å²) in [5, 5.41) is 3.88. The molecular formula is C17H13ClF3N3O2S. The van der Waals surface area contributed by atoms with Crippen molar-refractivity contribution in [1.29, 1.82) is 0 Å². The monoisotopic (exact) mass is 415 g/mol. The molecule has 1 atom stereocenters. The molecule has 10 heteroatoms. The molecule has 3 rings (SSSR count). The van der Waals surface area contributed by atoms with Crippen molar-refractivity contribution in [2.75, 3.05) is 6.26 Å². The molecule has 0 amide bonds. The molecule has 142 valence electrons. The van der Waals surface area contributed by atoms with E-state index in [1.54, 1.807) is 18.2 Å². The van der Waals surface area contributed by atoms with E-state index in [9.17, 15) is 17.4 Å². The lowest BCUT2D eigenvalue weighted by Crippen LogP contribution is -2.04. The van der Waals surface area contributed by atoms with Crippen LogP contribution in [0, 0.1) is 0 Å². The second kappa shape index (κ2) is 7.32. The third-order valence-corrected chi connectivity index (χ3v) is 5.60. The molecule has 5 nitrogen and oxygen atoms in total. The number of nitrogens with zero attached hydrogens (tertiary/aromatic N) is 3. The quantitative estimate of drug-likeness (QED) is 0.596.